The van der Waals surface area contributed by atoms with Crippen molar-refractivity contribution < 1.29 is 18.6 Å². The molecule has 1 saturated heterocycles. The Labute approximate surface area is 182 Å². The zero-order valence-corrected chi connectivity index (χ0v) is 18.2. The SMILES string of the molecule is COc1cc2c(Oc3ccc(C)cc3F)ccnc2cc1CCCCN1CCOCC1. The van der Waals surface area contributed by atoms with E-state index in [1.165, 1.54) is 6.07 Å². The average molecular weight is 425 g/mol. The zero-order valence-electron chi connectivity index (χ0n) is 18.2. The van der Waals surface area contributed by atoms with Crippen LogP contribution < -0.4 is 9.47 Å². The Morgan fingerprint density at radius 2 is 1.87 bits per heavy atom. The first-order valence-electron chi connectivity index (χ1n) is 10.8. The van der Waals surface area contributed by atoms with Crippen molar-refractivity contribution in [2.75, 3.05) is 40.0 Å². The number of fused-ring (bicyclic) bond motifs is 1. The van der Waals surface area contributed by atoms with E-state index in [0.717, 1.165) is 79.9 Å². The fourth-order valence-electron chi connectivity index (χ4n) is 3.95. The van der Waals surface area contributed by atoms with Crippen molar-refractivity contribution in [3.63, 3.8) is 0 Å². The van der Waals surface area contributed by atoms with Crippen molar-refractivity contribution in [1.29, 1.82) is 0 Å². The average Bonchev–Trinajstić information content (AvgIpc) is 2.79. The van der Waals surface area contributed by atoms with Gasteiger partial charge in [0.25, 0.3) is 0 Å². The molecule has 1 aromatic heterocycles. The van der Waals surface area contributed by atoms with E-state index in [1.807, 2.05) is 19.1 Å². The molecule has 4 rings (SSSR count). The molecule has 0 atom stereocenters. The predicted octanol–water partition coefficient (Wildman–Crippen LogP) is 5.14. The van der Waals surface area contributed by atoms with Crippen LogP contribution in [-0.2, 0) is 11.2 Å². The zero-order chi connectivity index (χ0) is 21.6. The molecule has 5 nitrogen and oxygen atoms in total. The first-order valence-corrected chi connectivity index (χ1v) is 10.8. The number of ether oxygens (including phenoxy) is 3. The largest absolute Gasteiger partial charge is 0.496 e. The fourth-order valence-corrected chi connectivity index (χ4v) is 3.95. The van der Waals surface area contributed by atoms with Crippen LogP contribution in [0.4, 0.5) is 4.39 Å². The minimum absolute atomic E-state index is 0.198. The Morgan fingerprint density at radius 3 is 2.65 bits per heavy atom. The van der Waals surface area contributed by atoms with Crippen molar-refractivity contribution in [2.24, 2.45) is 0 Å². The molecule has 0 aliphatic carbocycles. The summed E-state index contributed by atoms with van der Waals surface area (Å²) < 4.78 is 31.2. The van der Waals surface area contributed by atoms with Crippen molar-refractivity contribution in [1.82, 2.24) is 9.88 Å². The highest BCUT2D eigenvalue weighted by Gasteiger charge is 2.14. The third-order valence-corrected chi connectivity index (χ3v) is 5.69. The number of aromatic nitrogens is 1. The van der Waals surface area contributed by atoms with Crippen LogP contribution in [0.5, 0.6) is 17.2 Å². The lowest BCUT2D eigenvalue weighted by Gasteiger charge is -2.26. The molecular weight excluding hydrogens is 395 g/mol. The Kier molecular flexibility index (Phi) is 6.99. The lowest BCUT2D eigenvalue weighted by Crippen LogP contribution is -2.36. The summed E-state index contributed by atoms with van der Waals surface area (Å²) in [6.07, 6.45) is 4.82. The molecule has 31 heavy (non-hydrogen) atoms. The second-order valence-corrected chi connectivity index (χ2v) is 7.94. The summed E-state index contributed by atoms with van der Waals surface area (Å²) in [6, 6.07) is 10.7. The minimum atomic E-state index is -0.381. The number of nitrogens with zero attached hydrogens (tertiary/aromatic N) is 2. The van der Waals surface area contributed by atoms with Gasteiger partial charge in [-0.2, -0.15) is 0 Å². The van der Waals surface area contributed by atoms with E-state index in [9.17, 15) is 4.39 Å². The topological polar surface area (TPSA) is 43.8 Å². The van der Waals surface area contributed by atoms with Crippen molar-refractivity contribution in [3.05, 3.63) is 59.5 Å². The summed E-state index contributed by atoms with van der Waals surface area (Å²) in [6.45, 7) is 6.66. The highest BCUT2D eigenvalue weighted by atomic mass is 19.1. The number of halogens is 1. The molecule has 1 fully saturated rings. The molecule has 0 spiro atoms. The number of methoxy groups -OCH3 is 1. The molecule has 0 amide bonds. The van der Waals surface area contributed by atoms with Gasteiger partial charge in [0, 0.05) is 24.7 Å². The van der Waals surface area contributed by atoms with Gasteiger partial charge in [-0.25, -0.2) is 4.39 Å². The molecule has 1 aliphatic heterocycles. The van der Waals surface area contributed by atoms with Gasteiger partial charge in [0.05, 0.1) is 25.8 Å². The van der Waals surface area contributed by atoms with Gasteiger partial charge in [-0.15, -0.1) is 0 Å². The van der Waals surface area contributed by atoms with E-state index >= 15 is 0 Å². The molecule has 0 unspecified atom stereocenters. The third-order valence-electron chi connectivity index (χ3n) is 5.69. The van der Waals surface area contributed by atoms with Crippen LogP contribution in [-0.4, -0.2) is 49.8 Å². The molecular formula is C25H29FN2O3. The number of rotatable bonds is 8. The van der Waals surface area contributed by atoms with Crippen LogP contribution in [0.25, 0.3) is 10.9 Å². The first kappa shape index (κ1) is 21.5. The van der Waals surface area contributed by atoms with Crippen LogP contribution in [0.2, 0.25) is 0 Å². The molecule has 3 aromatic rings. The Morgan fingerprint density at radius 1 is 1.03 bits per heavy atom. The molecule has 0 saturated carbocycles. The van der Waals surface area contributed by atoms with E-state index in [0.29, 0.717) is 5.75 Å². The lowest BCUT2D eigenvalue weighted by atomic mass is 10.0. The van der Waals surface area contributed by atoms with Gasteiger partial charge in [0.2, 0.25) is 0 Å². The lowest BCUT2D eigenvalue weighted by molar-refractivity contribution is 0.0372. The molecule has 0 bridgehead atoms. The maximum atomic E-state index is 14.3. The van der Waals surface area contributed by atoms with Crippen molar-refractivity contribution in [3.8, 4) is 17.2 Å². The number of pyridine rings is 1. The van der Waals surface area contributed by atoms with Crippen LogP contribution in [0.15, 0.2) is 42.6 Å². The molecule has 1 aliphatic rings. The molecule has 164 valence electrons. The highest BCUT2D eigenvalue weighted by molar-refractivity contribution is 5.87. The minimum Gasteiger partial charge on any atom is -0.496 e. The predicted molar refractivity (Wildman–Crippen MR) is 120 cm³/mol. The summed E-state index contributed by atoms with van der Waals surface area (Å²) in [5, 5.41) is 0.802. The first-order chi connectivity index (χ1) is 15.1. The summed E-state index contributed by atoms with van der Waals surface area (Å²) >= 11 is 0. The number of hydrogen-bond donors (Lipinski definition) is 0. The van der Waals surface area contributed by atoms with E-state index in [2.05, 4.69) is 16.0 Å². The van der Waals surface area contributed by atoms with Gasteiger partial charge in [-0.3, -0.25) is 9.88 Å². The molecule has 2 heterocycles. The highest BCUT2D eigenvalue weighted by Crippen LogP contribution is 2.35. The molecule has 0 radical (unpaired) electrons. The molecule has 0 N–H and O–H groups in total. The maximum Gasteiger partial charge on any atom is 0.165 e. The number of hydrogen-bond acceptors (Lipinski definition) is 5. The van der Waals surface area contributed by atoms with Crippen molar-refractivity contribution in [2.45, 2.75) is 26.2 Å². The van der Waals surface area contributed by atoms with Gasteiger partial charge >= 0.3 is 0 Å². The maximum absolute atomic E-state index is 14.3. The number of aryl methyl sites for hydroxylation is 2. The summed E-state index contributed by atoms with van der Waals surface area (Å²) in [5.74, 6) is 1.18. The Hall–Kier alpha value is -2.70. The van der Waals surface area contributed by atoms with Crippen LogP contribution >= 0.6 is 0 Å². The normalized spacial score (nSPS) is 14.7. The number of morpholine rings is 1. The summed E-state index contributed by atoms with van der Waals surface area (Å²) in [4.78, 5) is 6.96. The smallest absolute Gasteiger partial charge is 0.165 e. The summed E-state index contributed by atoms with van der Waals surface area (Å²) in [5.41, 5.74) is 2.79. The van der Waals surface area contributed by atoms with E-state index in [1.54, 1.807) is 25.4 Å². The Balaban J connectivity index is 1.49. The molecule has 6 heteroatoms. The van der Waals surface area contributed by atoms with Crippen LogP contribution in [0.3, 0.4) is 0 Å². The quantitative estimate of drug-likeness (QED) is 0.469. The monoisotopic (exact) mass is 424 g/mol. The second kappa shape index (κ2) is 10.1. The van der Waals surface area contributed by atoms with Gasteiger partial charge in [-0.1, -0.05) is 6.07 Å². The Bertz CT molecular complexity index is 1030. The van der Waals surface area contributed by atoms with Crippen molar-refractivity contribution >= 4 is 10.9 Å². The van der Waals surface area contributed by atoms with Gasteiger partial charge in [-0.05, 0) is 74.2 Å². The van der Waals surface area contributed by atoms with E-state index in [-0.39, 0.29) is 11.6 Å². The van der Waals surface area contributed by atoms with Gasteiger partial charge < -0.3 is 14.2 Å². The number of unbranched alkanes of at least 4 members (excludes halogenated alkanes) is 1. The second-order valence-electron chi connectivity index (χ2n) is 7.94. The van der Waals surface area contributed by atoms with Gasteiger partial charge in [0.15, 0.2) is 11.6 Å². The van der Waals surface area contributed by atoms with Gasteiger partial charge in [0.1, 0.15) is 11.5 Å². The molecule has 2 aromatic carbocycles. The third kappa shape index (κ3) is 5.32. The van der Waals surface area contributed by atoms with Crippen LogP contribution in [0.1, 0.15) is 24.0 Å². The fraction of sp³-hybridized carbons (Fsp3) is 0.400. The number of benzene rings is 2. The standard InChI is InChI=1S/C25H29FN2O3/c1-18-6-7-24(21(26)15-18)31-23-8-9-27-22-16-19(25(29-2)17-20(22)23)5-3-4-10-28-11-13-30-14-12-28/h6-9,15-17H,3-5,10-14H2,1-2H3. The van der Waals surface area contributed by atoms with Crippen LogP contribution in [0, 0.1) is 12.7 Å². The summed E-state index contributed by atoms with van der Waals surface area (Å²) in [7, 11) is 1.68. The van der Waals surface area contributed by atoms with E-state index < -0.39 is 0 Å². The van der Waals surface area contributed by atoms with E-state index in [4.69, 9.17) is 14.2 Å².